The third-order valence-electron chi connectivity index (χ3n) is 8.81. The highest BCUT2D eigenvalue weighted by atomic mass is 16.3. The quantitative estimate of drug-likeness (QED) is 0.756. The highest BCUT2D eigenvalue weighted by Gasteiger charge is 2.57. The van der Waals surface area contributed by atoms with Crippen molar-refractivity contribution in [3.8, 4) is 0 Å². The lowest BCUT2D eigenvalue weighted by Gasteiger charge is -2.57. The molecule has 4 rings (SSSR count). The van der Waals surface area contributed by atoms with E-state index >= 15 is 0 Å². The maximum Gasteiger partial charge on any atom is 0.120 e. The van der Waals surface area contributed by atoms with Crippen LogP contribution in [0, 0.1) is 40.9 Å². The van der Waals surface area contributed by atoms with Gasteiger partial charge in [-0.2, -0.15) is 0 Å². The van der Waals surface area contributed by atoms with Gasteiger partial charge in [-0.15, -0.1) is 0 Å². The lowest BCUT2D eigenvalue weighted by Crippen LogP contribution is -2.50. The molecule has 0 bridgehead atoms. The van der Waals surface area contributed by atoms with E-state index in [0.29, 0.717) is 11.3 Å². The molecule has 23 heavy (non-hydrogen) atoms. The predicted molar refractivity (Wildman–Crippen MR) is 91.9 cm³/mol. The minimum atomic E-state index is -0.403. The SMILES string of the molecule is C[C@@]1(O)CC[C@H]2[C@H](CC[C@@H]3[C@@H]2CC[C@]2(C)[C@@H](CC=O)CC[C@@H]32)C1. The molecule has 2 heteroatoms. The fraction of sp³-hybridized carbons (Fsp3) is 0.952. The third kappa shape index (κ3) is 2.51. The van der Waals surface area contributed by atoms with Gasteiger partial charge in [-0.1, -0.05) is 6.92 Å². The van der Waals surface area contributed by atoms with E-state index in [4.69, 9.17) is 0 Å². The van der Waals surface area contributed by atoms with Crippen molar-refractivity contribution in [3.05, 3.63) is 0 Å². The van der Waals surface area contributed by atoms with Crippen LogP contribution in [0.1, 0.15) is 78.1 Å². The Morgan fingerprint density at radius 1 is 0.957 bits per heavy atom. The van der Waals surface area contributed by atoms with Crippen LogP contribution in [0.15, 0.2) is 0 Å². The molecular weight excluding hydrogens is 284 g/mol. The molecule has 0 aromatic rings. The molecule has 4 aliphatic carbocycles. The number of hydrogen-bond acceptors (Lipinski definition) is 2. The van der Waals surface area contributed by atoms with Gasteiger partial charge in [-0.25, -0.2) is 0 Å². The molecule has 0 spiro atoms. The van der Waals surface area contributed by atoms with Gasteiger partial charge in [0.15, 0.2) is 0 Å². The zero-order valence-electron chi connectivity index (χ0n) is 15.0. The average molecular weight is 319 g/mol. The van der Waals surface area contributed by atoms with Crippen LogP contribution in [-0.4, -0.2) is 17.0 Å². The Balaban J connectivity index is 1.53. The number of rotatable bonds is 2. The molecule has 0 aromatic carbocycles. The first-order chi connectivity index (χ1) is 10.9. The number of aldehydes is 1. The van der Waals surface area contributed by atoms with E-state index in [1.54, 1.807) is 0 Å². The molecule has 0 radical (unpaired) electrons. The summed E-state index contributed by atoms with van der Waals surface area (Å²) in [5, 5.41) is 10.5. The Morgan fingerprint density at radius 2 is 1.74 bits per heavy atom. The largest absolute Gasteiger partial charge is 0.390 e. The van der Waals surface area contributed by atoms with Gasteiger partial charge in [-0.05, 0) is 106 Å². The summed E-state index contributed by atoms with van der Waals surface area (Å²) in [5.41, 5.74) is 0.0364. The summed E-state index contributed by atoms with van der Waals surface area (Å²) in [4.78, 5) is 11.1. The minimum Gasteiger partial charge on any atom is -0.390 e. The van der Waals surface area contributed by atoms with Crippen molar-refractivity contribution >= 4 is 6.29 Å². The number of fused-ring (bicyclic) bond motifs is 5. The molecule has 0 heterocycles. The summed E-state index contributed by atoms with van der Waals surface area (Å²) >= 11 is 0. The Kier molecular flexibility index (Phi) is 3.91. The third-order valence-corrected chi connectivity index (χ3v) is 8.81. The summed E-state index contributed by atoms with van der Waals surface area (Å²) in [5.74, 6) is 5.00. The Labute approximate surface area is 141 Å². The van der Waals surface area contributed by atoms with E-state index in [1.807, 2.05) is 6.92 Å². The Bertz CT molecular complexity index is 470. The van der Waals surface area contributed by atoms with Crippen molar-refractivity contribution in [1.82, 2.24) is 0 Å². The van der Waals surface area contributed by atoms with Crippen molar-refractivity contribution in [2.24, 2.45) is 40.9 Å². The topological polar surface area (TPSA) is 37.3 Å². The molecule has 4 aliphatic rings. The normalized spacial score (nSPS) is 55.6. The second-order valence-electron chi connectivity index (χ2n) is 9.90. The smallest absolute Gasteiger partial charge is 0.120 e. The van der Waals surface area contributed by atoms with E-state index in [1.165, 1.54) is 51.2 Å². The highest BCUT2D eigenvalue weighted by molar-refractivity contribution is 5.50. The van der Waals surface area contributed by atoms with Gasteiger partial charge in [-0.3, -0.25) is 0 Å². The summed E-state index contributed by atoms with van der Waals surface area (Å²) < 4.78 is 0. The van der Waals surface area contributed by atoms with Crippen molar-refractivity contribution in [1.29, 1.82) is 0 Å². The monoisotopic (exact) mass is 318 g/mol. The first kappa shape index (κ1) is 16.1. The lowest BCUT2D eigenvalue weighted by atomic mass is 9.49. The van der Waals surface area contributed by atoms with Gasteiger partial charge in [0.2, 0.25) is 0 Å². The van der Waals surface area contributed by atoms with E-state index in [-0.39, 0.29) is 0 Å². The predicted octanol–water partition coefficient (Wildman–Crippen LogP) is 4.60. The second-order valence-corrected chi connectivity index (χ2v) is 9.90. The average Bonchev–Trinajstić information content (AvgIpc) is 2.83. The zero-order chi connectivity index (χ0) is 16.2. The first-order valence-corrected chi connectivity index (χ1v) is 10.1. The number of carbonyl (C=O) groups excluding carboxylic acids is 1. The molecule has 4 fully saturated rings. The maximum absolute atomic E-state index is 11.1. The summed E-state index contributed by atoms with van der Waals surface area (Å²) in [7, 11) is 0. The van der Waals surface area contributed by atoms with Crippen LogP contribution >= 0.6 is 0 Å². The Morgan fingerprint density at radius 3 is 2.52 bits per heavy atom. The molecule has 0 amide bonds. The van der Waals surface area contributed by atoms with E-state index in [0.717, 1.165) is 48.9 Å². The summed E-state index contributed by atoms with van der Waals surface area (Å²) in [6.45, 7) is 4.56. The van der Waals surface area contributed by atoms with E-state index in [2.05, 4.69) is 6.92 Å². The second kappa shape index (κ2) is 5.58. The number of aliphatic hydroxyl groups is 1. The number of carbonyl (C=O) groups is 1. The molecule has 0 saturated heterocycles. The van der Waals surface area contributed by atoms with Gasteiger partial charge < -0.3 is 9.90 Å². The molecule has 130 valence electrons. The van der Waals surface area contributed by atoms with E-state index in [9.17, 15) is 9.90 Å². The van der Waals surface area contributed by atoms with Crippen LogP contribution in [0.4, 0.5) is 0 Å². The van der Waals surface area contributed by atoms with Gasteiger partial charge in [0.05, 0.1) is 5.60 Å². The van der Waals surface area contributed by atoms with Crippen LogP contribution in [0.3, 0.4) is 0 Å². The highest BCUT2D eigenvalue weighted by Crippen LogP contribution is 2.64. The van der Waals surface area contributed by atoms with Gasteiger partial charge in [0.25, 0.3) is 0 Å². The van der Waals surface area contributed by atoms with Crippen LogP contribution in [0.25, 0.3) is 0 Å². The molecule has 2 nitrogen and oxygen atoms in total. The fourth-order valence-electron chi connectivity index (χ4n) is 7.69. The molecule has 4 saturated carbocycles. The summed E-state index contributed by atoms with van der Waals surface area (Å²) in [6.07, 6.45) is 13.4. The molecule has 0 aliphatic heterocycles. The molecular formula is C21H34O2. The molecule has 0 aromatic heterocycles. The maximum atomic E-state index is 11.1. The molecule has 0 unspecified atom stereocenters. The summed E-state index contributed by atoms with van der Waals surface area (Å²) in [6, 6.07) is 0. The molecule has 8 atom stereocenters. The molecule has 1 N–H and O–H groups in total. The van der Waals surface area contributed by atoms with Crippen molar-refractivity contribution < 1.29 is 9.90 Å². The fourth-order valence-corrected chi connectivity index (χ4v) is 7.69. The van der Waals surface area contributed by atoms with Crippen LogP contribution < -0.4 is 0 Å². The standard InChI is InChI=1S/C21H34O2/c1-20(23)10-7-16-14(13-20)3-5-18-17(16)8-11-21(2)15(9-12-22)4-6-19(18)21/h12,14-19,23H,3-11,13H2,1-2H3/t14-,15-,16+,17-,18-,19+,20-,21-/m1/s1. The van der Waals surface area contributed by atoms with Gasteiger partial charge in [0, 0.05) is 6.42 Å². The van der Waals surface area contributed by atoms with Crippen molar-refractivity contribution in [2.45, 2.75) is 83.7 Å². The van der Waals surface area contributed by atoms with Crippen LogP contribution in [0.2, 0.25) is 0 Å². The van der Waals surface area contributed by atoms with Crippen molar-refractivity contribution in [3.63, 3.8) is 0 Å². The first-order valence-electron chi connectivity index (χ1n) is 10.1. The lowest BCUT2D eigenvalue weighted by molar-refractivity contribution is -0.112. The zero-order valence-corrected chi connectivity index (χ0v) is 15.0. The number of hydrogen-bond donors (Lipinski definition) is 1. The van der Waals surface area contributed by atoms with Gasteiger partial charge in [0.1, 0.15) is 6.29 Å². The minimum absolute atomic E-state index is 0.403. The van der Waals surface area contributed by atoms with Gasteiger partial charge >= 0.3 is 0 Å². The van der Waals surface area contributed by atoms with E-state index < -0.39 is 5.60 Å². The van der Waals surface area contributed by atoms with Crippen LogP contribution in [-0.2, 0) is 4.79 Å². The Hall–Kier alpha value is -0.370. The van der Waals surface area contributed by atoms with Crippen molar-refractivity contribution in [2.75, 3.05) is 0 Å². The van der Waals surface area contributed by atoms with Crippen LogP contribution in [0.5, 0.6) is 0 Å².